The van der Waals surface area contributed by atoms with Crippen molar-refractivity contribution in [1.29, 1.82) is 0 Å². The van der Waals surface area contributed by atoms with Crippen LogP contribution in [0.4, 0.5) is 10.1 Å². The fourth-order valence-corrected chi connectivity index (χ4v) is 4.67. The highest BCUT2D eigenvalue weighted by molar-refractivity contribution is 6.39. The lowest BCUT2D eigenvalue weighted by molar-refractivity contribution is -0.110. The van der Waals surface area contributed by atoms with Gasteiger partial charge in [-0.05, 0) is 36.8 Å². The molecule has 2 saturated heterocycles. The summed E-state index contributed by atoms with van der Waals surface area (Å²) in [6.45, 7) is 8.10. The molecule has 4 rings (SSSR count). The lowest BCUT2D eigenvalue weighted by atomic mass is 9.81. The zero-order valence-electron chi connectivity index (χ0n) is 20.0. The summed E-state index contributed by atoms with van der Waals surface area (Å²) in [5, 5.41) is 3.86. The summed E-state index contributed by atoms with van der Waals surface area (Å²) < 4.78 is 26.6. The van der Waals surface area contributed by atoms with Crippen LogP contribution in [0.5, 0.6) is 0 Å². The molecule has 2 aliphatic heterocycles. The number of nitrogens with two attached hydrogens (primary N) is 1. The smallest absolute Gasteiger partial charge is 0.177 e. The second-order valence-electron chi connectivity index (χ2n) is 10.3. The van der Waals surface area contributed by atoms with E-state index in [1.165, 1.54) is 12.5 Å². The Morgan fingerprint density at radius 3 is 2.67 bits per heavy atom. The minimum atomic E-state index is -0.407. The van der Waals surface area contributed by atoms with Gasteiger partial charge in [-0.25, -0.2) is 4.39 Å². The topological polar surface area (TPSA) is 75.7 Å². The van der Waals surface area contributed by atoms with Crippen molar-refractivity contribution in [2.24, 2.45) is 21.4 Å². The Morgan fingerprint density at radius 2 is 2.09 bits per heavy atom. The molecule has 2 N–H and O–H groups in total. The fourth-order valence-electron chi connectivity index (χ4n) is 4.67. The van der Waals surface area contributed by atoms with Crippen LogP contribution >= 0.6 is 0 Å². The van der Waals surface area contributed by atoms with Gasteiger partial charge >= 0.3 is 0 Å². The van der Waals surface area contributed by atoms with Crippen LogP contribution in [0.25, 0.3) is 0 Å². The summed E-state index contributed by atoms with van der Waals surface area (Å²) >= 11 is 0. The van der Waals surface area contributed by atoms with E-state index in [4.69, 9.17) is 15.3 Å². The van der Waals surface area contributed by atoms with Gasteiger partial charge in [-0.2, -0.15) is 5.10 Å². The van der Waals surface area contributed by atoms with Crippen molar-refractivity contribution >= 4 is 17.6 Å². The van der Waals surface area contributed by atoms with Crippen molar-refractivity contribution in [3.8, 4) is 11.8 Å². The zero-order valence-corrected chi connectivity index (χ0v) is 20.0. The summed E-state index contributed by atoms with van der Waals surface area (Å²) in [4.78, 5) is 8.56. The summed E-state index contributed by atoms with van der Waals surface area (Å²) in [5.74, 6) is 11.3. The molecule has 8 heteroatoms. The van der Waals surface area contributed by atoms with Gasteiger partial charge in [-0.3, -0.25) is 9.89 Å². The van der Waals surface area contributed by atoms with Crippen molar-refractivity contribution in [3.05, 3.63) is 29.1 Å². The highest BCUT2D eigenvalue weighted by Crippen LogP contribution is 2.41. The lowest BCUT2D eigenvalue weighted by Gasteiger charge is -2.44. The van der Waals surface area contributed by atoms with E-state index in [1.807, 2.05) is 19.0 Å². The summed E-state index contributed by atoms with van der Waals surface area (Å²) in [7, 11) is 3.78. The van der Waals surface area contributed by atoms with E-state index in [-0.39, 0.29) is 11.9 Å². The zero-order chi connectivity index (χ0) is 23.6. The van der Waals surface area contributed by atoms with Gasteiger partial charge in [0, 0.05) is 44.7 Å². The van der Waals surface area contributed by atoms with E-state index in [2.05, 4.69) is 40.7 Å². The molecular formula is C25H34FN5O2. The van der Waals surface area contributed by atoms with Crippen LogP contribution in [-0.2, 0) is 9.47 Å². The molecule has 1 spiro atoms. The van der Waals surface area contributed by atoms with E-state index in [0.29, 0.717) is 41.9 Å². The molecule has 0 amide bonds. The van der Waals surface area contributed by atoms with Gasteiger partial charge in [0.2, 0.25) is 0 Å². The molecule has 0 bridgehead atoms. The Morgan fingerprint density at radius 1 is 1.33 bits per heavy atom. The Bertz CT molecular complexity index is 996. The molecule has 3 fully saturated rings. The SMILES string of the molecule is CN(C)c1cc(C#CCN2CC(C)(C)C2)c(F)cc1/C(C=NCC1OCC2(CCC2)O1)=N/N. The van der Waals surface area contributed by atoms with E-state index < -0.39 is 5.82 Å². The van der Waals surface area contributed by atoms with E-state index >= 15 is 0 Å². The minimum absolute atomic E-state index is 0.102. The molecule has 1 aromatic carbocycles. The molecule has 1 saturated carbocycles. The normalized spacial score (nSPS) is 23.8. The first kappa shape index (κ1) is 23.7. The highest BCUT2D eigenvalue weighted by atomic mass is 19.1. The van der Waals surface area contributed by atoms with E-state index in [9.17, 15) is 4.39 Å². The van der Waals surface area contributed by atoms with Crippen LogP contribution in [0.3, 0.4) is 0 Å². The first-order valence-electron chi connectivity index (χ1n) is 11.5. The number of rotatable bonds is 6. The predicted molar refractivity (Wildman–Crippen MR) is 129 cm³/mol. The Kier molecular flexibility index (Phi) is 6.76. The number of anilines is 1. The van der Waals surface area contributed by atoms with Crippen LogP contribution in [0, 0.1) is 23.1 Å². The molecule has 1 aromatic rings. The number of hydrazone groups is 1. The average Bonchev–Trinajstić information content (AvgIpc) is 3.16. The first-order chi connectivity index (χ1) is 15.7. The van der Waals surface area contributed by atoms with Gasteiger partial charge in [0.1, 0.15) is 11.5 Å². The number of hydrogen-bond donors (Lipinski definition) is 1. The third-order valence-corrected chi connectivity index (χ3v) is 6.46. The Balaban J connectivity index is 1.44. The highest BCUT2D eigenvalue weighted by Gasteiger charge is 2.45. The second kappa shape index (κ2) is 9.41. The molecule has 1 unspecified atom stereocenters. The largest absolute Gasteiger partial charge is 0.377 e. The number of ether oxygens (including phenoxy) is 2. The molecule has 3 aliphatic rings. The van der Waals surface area contributed by atoms with E-state index in [0.717, 1.165) is 31.6 Å². The molecule has 33 heavy (non-hydrogen) atoms. The summed E-state index contributed by atoms with van der Waals surface area (Å²) in [6.07, 6.45) is 4.45. The maximum atomic E-state index is 14.9. The molecule has 2 heterocycles. The van der Waals surface area contributed by atoms with Gasteiger partial charge in [0.25, 0.3) is 0 Å². The third-order valence-electron chi connectivity index (χ3n) is 6.46. The quantitative estimate of drug-likeness (QED) is 0.309. The van der Waals surface area contributed by atoms with Crippen LogP contribution in [0.15, 0.2) is 22.2 Å². The molecule has 1 aliphatic carbocycles. The molecule has 7 nitrogen and oxygen atoms in total. The standard InChI is InChI=1S/C25H34FN5O2/c1-24(2)15-31(16-24)10-5-7-18-11-22(30(3)4)19(12-20(18)26)21(29-27)13-28-14-23-32-17-25(33-23)8-6-9-25/h11-13,23H,6,8-10,14-17,27H2,1-4H3/b28-13?,29-21+. The van der Waals surface area contributed by atoms with E-state index in [1.54, 1.807) is 12.3 Å². The Hall–Kier alpha value is -2.47. The first-order valence-corrected chi connectivity index (χ1v) is 11.5. The molecule has 0 radical (unpaired) electrons. The molecule has 1 atom stereocenters. The number of likely N-dealkylation sites (tertiary alicyclic amines) is 1. The number of aliphatic imine (C=N–C) groups is 1. The van der Waals surface area contributed by atoms with Crippen molar-refractivity contribution in [1.82, 2.24) is 4.90 Å². The predicted octanol–water partition coefficient (Wildman–Crippen LogP) is 2.61. The lowest BCUT2D eigenvalue weighted by Crippen LogP contribution is -2.52. The van der Waals surface area contributed by atoms with Crippen LogP contribution in [0.1, 0.15) is 44.2 Å². The molecular weight excluding hydrogens is 421 g/mol. The number of benzene rings is 1. The van der Waals surface area contributed by atoms with Crippen molar-refractivity contribution < 1.29 is 13.9 Å². The number of nitrogens with zero attached hydrogens (tertiary/aromatic N) is 4. The maximum absolute atomic E-state index is 14.9. The summed E-state index contributed by atoms with van der Waals surface area (Å²) in [6, 6.07) is 3.16. The van der Waals surface area contributed by atoms with Gasteiger partial charge in [-0.1, -0.05) is 25.7 Å². The fraction of sp³-hybridized carbons (Fsp3) is 0.600. The second-order valence-corrected chi connectivity index (χ2v) is 10.3. The molecule has 0 aromatic heterocycles. The van der Waals surface area contributed by atoms with Crippen molar-refractivity contribution in [2.75, 3.05) is 51.8 Å². The van der Waals surface area contributed by atoms with Crippen LogP contribution in [0.2, 0.25) is 0 Å². The van der Waals surface area contributed by atoms with Crippen LogP contribution < -0.4 is 10.7 Å². The van der Waals surface area contributed by atoms with Gasteiger partial charge in [0.05, 0.1) is 30.9 Å². The third kappa shape index (κ3) is 5.37. The number of halogens is 1. The summed E-state index contributed by atoms with van der Waals surface area (Å²) in [5.41, 5.74) is 2.31. The van der Waals surface area contributed by atoms with Gasteiger partial charge in [0.15, 0.2) is 6.29 Å². The Labute approximate surface area is 195 Å². The maximum Gasteiger partial charge on any atom is 0.177 e. The minimum Gasteiger partial charge on any atom is -0.377 e. The molecule has 178 valence electrons. The van der Waals surface area contributed by atoms with Crippen LogP contribution in [-0.4, -0.2) is 75.6 Å². The average molecular weight is 456 g/mol. The van der Waals surface area contributed by atoms with Gasteiger partial charge in [-0.15, -0.1) is 0 Å². The van der Waals surface area contributed by atoms with Gasteiger partial charge < -0.3 is 20.2 Å². The number of hydrogen-bond acceptors (Lipinski definition) is 7. The van der Waals surface area contributed by atoms with Crippen molar-refractivity contribution in [3.63, 3.8) is 0 Å². The van der Waals surface area contributed by atoms with Crippen molar-refractivity contribution in [2.45, 2.75) is 45.0 Å². The monoisotopic (exact) mass is 455 g/mol.